The molecular weight excluding hydrogens is 374 g/mol. The van der Waals surface area contributed by atoms with Crippen LogP contribution in [0.1, 0.15) is 33.9 Å². The number of nitrogens with one attached hydrogen (secondary N) is 1. The molecule has 0 spiro atoms. The lowest BCUT2D eigenvalue weighted by molar-refractivity contribution is -0.149. The molecule has 0 aliphatic rings. The first-order valence-electron chi connectivity index (χ1n) is 9.81. The Morgan fingerprint density at radius 3 is 2.23 bits per heavy atom. The lowest BCUT2D eigenvalue weighted by Gasteiger charge is -2.18. The van der Waals surface area contributed by atoms with Crippen molar-refractivity contribution in [1.29, 1.82) is 0 Å². The topological polar surface area (TPSA) is 55.4 Å². The second-order valence-electron chi connectivity index (χ2n) is 7.28. The van der Waals surface area contributed by atoms with Crippen LogP contribution in [0.5, 0.6) is 0 Å². The van der Waals surface area contributed by atoms with E-state index in [0.29, 0.717) is 11.3 Å². The van der Waals surface area contributed by atoms with E-state index in [1.807, 2.05) is 81.4 Å². The maximum absolute atomic E-state index is 13.0. The molecule has 0 saturated carbocycles. The van der Waals surface area contributed by atoms with Gasteiger partial charge in [-0.3, -0.25) is 4.79 Å². The van der Waals surface area contributed by atoms with E-state index in [1.54, 1.807) is 18.2 Å². The SMILES string of the molecule is Cc1ccc(/C=C/C(=O)O[C@@H](C(=O)Nc2cc(C)ccc2C)c2ccccc2)cc1. The smallest absolute Gasteiger partial charge is 0.331 e. The highest BCUT2D eigenvalue weighted by Crippen LogP contribution is 2.23. The van der Waals surface area contributed by atoms with Crippen LogP contribution in [-0.4, -0.2) is 11.9 Å². The number of hydrogen-bond acceptors (Lipinski definition) is 3. The van der Waals surface area contributed by atoms with Gasteiger partial charge in [0.25, 0.3) is 5.91 Å². The average molecular weight is 399 g/mol. The molecule has 0 aliphatic heterocycles. The zero-order valence-electron chi connectivity index (χ0n) is 17.4. The van der Waals surface area contributed by atoms with E-state index in [9.17, 15) is 9.59 Å². The molecule has 30 heavy (non-hydrogen) atoms. The first-order chi connectivity index (χ1) is 14.4. The summed E-state index contributed by atoms with van der Waals surface area (Å²) in [5, 5.41) is 2.89. The Morgan fingerprint density at radius 1 is 0.867 bits per heavy atom. The first-order valence-corrected chi connectivity index (χ1v) is 9.81. The summed E-state index contributed by atoms with van der Waals surface area (Å²) in [5.74, 6) is -0.979. The van der Waals surface area contributed by atoms with Crippen molar-refractivity contribution < 1.29 is 14.3 Å². The number of esters is 1. The van der Waals surface area contributed by atoms with Crippen molar-refractivity contribution in [1.82, 2.24) is 0 Å². The molecule has 0 unspecified atom stereocenters. The molecule has 0 aliphatic carbocycles. The zero-order valence-corrected chi connectivity index (χ0v) is 17.4. The molecule has 1 amide bonds. The molecule has 0 aromatic heterocycles. The summed E-state index contributed by atoms with van der Waals surface area (Å²) >= 11 is 0. The fraction of sp³-hybridized carbons (Fsp3) is 0.154. The zero-order chi connectivity index (χ0) is 21.5. The summed E-state index contributed by atoms with van der Waals surface area (Å²) in [5.41, 5.74) is 5.30. The number of carbonyl (C=O) groups is 2. The van der Waals surface area contributed by atoms with Crippen molar-refractivity contribution in [3.8, 4) is 0 Å². The lowest BCUT2D eigenvalue weighted by atomic mass is 10.1. The number of carbonyl (C=O) groups excluding carboxylic acids is 2. The van der Waals surface area contributed by atoms with Crippen LogP contribution in [0.2, 0.25) is 0 Å². The third kappa shape index (κ3) is 5.67. The number of amides is 1. The van der Waals surface area contributed by atoms with E-state index in [1.165, 1.54) is 6.08 Å². The summed E-state index contributed by atoms with van der Waals surface area (Å²) in [4.78, 5) is 25.5. The number of hydrogen-bond donors (Lipinski definition) is 1. The monoisotopic (exact) mass is 399 g/mol. The fourth-order valence-electron chi connectivity index (χ4n) is 2.97. The van der Waals surface area contributed by atoms with Crippen LogP contribution in [0.25, 0.3) is 6.08 Å². The molecule has 0 heterocycles. The number of ether oxygens (including phenoxy) is 1. The molecule has 3 rings (SSSR count). The number of rotatable bonds is 6. The predicted molar refractivity (Wildman–Crippen MR) is 120 cm³/mol. The maximum Gasteiger partial charge on any atom is 0.331 e. The van der Waals surface area contributed by atoms with Crippen molar-refractivity contribution in [3.63, 3.8) is 0 Å². The van der Waals surface area contributed by atoms with Crippen LogP contribution < -0.4 is 5.32 Å². The van der Waals surface area contributed by atoms with Gasteiger partial charge < -0.3 is 10.1 Å². The van der Waals surface area contributed by atoms with Gasteiger partial charge in [-0.2, -0.15) is 0 Å². The molecule has 3 aromatic rings. The predicted octanol–water partition coefficient (Wildman–Crippen LogP) is 5.55. The highest BCUT2D eigenvalue weighted by atomic mass is 16.5. The van der Waals surface area contributed by atoms with E-state index in [2.05, 4.69) is 5.32 Å². The molecule has 3 aromatic carbocycles. The molecule has 0 saturated heterocycles. The van der Waals surface area contributed by atoms with Gasteiger partial charge in [-0.1, -0.05) is 72.3 Å². The van der Waals surface area contributed by atoms with Crippen molar-refractivity contribution in [3.05, 3.63) is 107 Å². The van der Waals surface area contributed by atoms with Crippen LogP contribution in [-0.2, 0) is 14.3 Å². The van der Waals surface area contributed by atoms with E-state index in [4.69, 9.17) is 4.74 Å². The van der Waals surface area contributed by atoms with Gasteiger partial charge in [0.1, 0.15) is 0 Å². The average Bonchev–Trinajstić information content (AvgIpc) is 2.74. The third-order valence-electron chi connectivity index (χ3n) is 4.71. The summed E-state index contributed by atoms with van der Waals surface area (Å²) in [6.07, 6.45) is 1.96. The van der Waals surface area contributed by atoms with Crippen LogP contribution in [0.4, 0.5) is 5.69 Å². The molecule has 1 N–H and O–H groups in total. The second-order valence-corrected chi connectivity index (χ2v) is 7.28. The number of aryl methyl sites for hydroxylation is 3. The normalized spacial score (nSPS) is 11.8. The molecule has 0 radical (unpaired) electrons. The Labute approximate surface area is 177 Å². The summed E-state index contributed by atoms with van der Waals surface area (Å²) in [7, 11) is 0. The molecule has 152 valence electrons. The first kappa shape index (κ1) is 21.1. The quantitative estimate of drug-likeness (QED) is 0.437. The van der Waals surface area contributed by atoms with Gasteiger partial charge in [0.15, 0.2) is 0 Å². The van der Waals surface area contributed by atoms with Crippen molar-refractivity contribution in [2.24, 2.45) is 0 Å². The Hall–Kier alpha value is -3.66. The minimum absolute atomic E-state index is 0.396. The van der Waals surface area contributed by atoms with Crippen LogP contribution in [0.3, 0.4) is 0 Å². The van der Waals surface area contributed by atoms with Crippen molar-refractivity contribution in [2.75, 3.05) is 5.32 Å². The highest BCUT2D eigenvalue weighted by molar-refractivity contribution is 5.98. The van der Waals surface area contributed by atoms with Gasteiger partial charge in [0.2, 0.25) is 6.10 Å². The van der Waals surface area contributed by atoms with Gasteiger partial charge in [-0.25, -0.2) is 4.79 Å². The molecule has 4 heteroatoms. The molecular formula is C26H25NO3. The van der Waals surface area contributed by atoms with Gasteiger partial charge in [-0.15, -0.1) is 0 Å². The number of anilines is 1. The van der Waals surface area contributed by atoms with Gasteiger partial charge in [0.05, 0.1) is 0 Å². The largest absolute Gasteiger partial charge is 0.444 e. The van der Waals surface area contributed by atoms with Crippen molar-refractivity contribution >= 4 is 23.6 Å². The maximum atomic E-state index is 13.0. The summed E-state index contributed by atoms with van der Waals surface area (Å²) in [6.45, 7) is 5.88. The van der Waals surface area contributed by atoms with Crippen molar-refractivity contribution in [2.45, 2.75) is 26.9 Å². The molecule has 1 atom stereocenters. The van der Waals surface area contributed by atoms with E-state index in [-0.39, 0.29) is 0 Å². The van der Waals surface area contributed by atoms with Crippen LogP contribution in [0, 0.1) is 20.8 Å². The van der Waals surface area contributed by atoms with Gasteiger partial charge in [0, 0.05) is 17.3 Å². The minimum atomic E-state index is -1.05. The Bertz CT molecular complexity index is 1050. The van der Waals surface area contributed by atoms with E-state index in [0.717, 1.165) is 22.3 Å². The van der Waals surface area contributed by atoms with Crippen LogP contribution >= 0.6 is 0 Å². The Balaban J connectivity index is 1.78. The summed E-state index contributed by atoms with van der Waals surface area (Å²) in [6, 6.07) is 22.6. The summed E-state index contributed by atoms with van der Waals surface area (Å²) < 4.78 is 5.55. The second kappa shape index (κ2) is 9.70. The molecule has 0 bridgehead atoms. The third-order valence-corrected chi connectivity index (χ3v) is 4.71. The fourth-order valence-corrected chi connectivity index (χ4v) is 2.97. The lowest BCUT2D eigenvalue weighted by Crippen LogP contribution is -2.25. The Kier molecular flexibility index (Phi) is 6.81. The van der Waals surface area contributed by atoms with E-state index >= 15 is 0 Å². The standard InChI is InChI=1S/C26H25NO3/c1-18-10-13-21(14-11-18)15-16-24(28)30-25(22-7-5-4-6-8-22)26(29)27-23-17-19(2)9-12-20(23)3/h4-17,25H,1-3H3,(H,27,29)/b16-15+/t25-/m1/s1. The molecule has 0 fully saturated rings. The molecule has 4 nitrogen and oxygen atoms in total. The Morgan fingerprint density at radius 2 is 1.53 bits per heavy atom. The highest BCUT2D eigenvalue weighted by Gasteiger charge is 2.24. The van der Waals surface area contributed by atoms with Gasteiger partial charge >= 0.3 is 5.97 Å². The van der Waals surface area contributed by atoms with Gasteiger partial charge in [-0.05, 0) is 49.6 Å². The van der Waals surface area contributed by atoms with E-state index < -0.39 is 18.0 Å². The van der Waals surface area contributed by atoms with Crippen LogP contribution in [0.15, 0.2) is 78.9 Å². The number of benzene rings is 3. The minimum Gasteiger partial charge on any atom is -0.444 e.